The molecule has 2 N–H and O–H groups in total. The van der Waals surface area contributed by atoms with Crippen LogP contribution in [-0.4, -0.2) is 12.6 Å². The minimum absolute atomic E-state index is 0.484. The maximum Gasteiger partial charge on any atom is 0.135 e. The van der Waals surface area contributed by atoms with Gasteiger partial charge in [-0.05, 0) is 44.9 Å². The maximum atomic E-state index is 5.84. The van der Waals surface area contributed by atoms with Crippen LogP contribution in [0, 0.1) is 25.7 Å². The number of hydrogen-bond acceptors (Lipinski definition) is 2. The second-order valence-corrected chi connectivity index (χ2v) is 4.63. The van der Waals surface area contributed by atoms with Crippen LogP contribution in [0.4, 0.5) is 0 Å². The second-order valence-electron chi connectivity index (χ2n) is 4.63. The van der Waals surface area contributed by atoms with Crippen molar-refractivity contribution in [3.63, 3.8) is 0 Å². The lowest BCUT2D eigenvalue weighted by molar-refractivity contribution is 0.413. The van der Waals surface area contributed by atoms with E-state index in [-0.39, 0.29) is 0 Å². The number of benzene rings is 1. The Morgan fingerprint density at radius 3 is 2.38 bits per heavy atom. The number of hydrogen-bond donors (Lipinski definition) is 1. The number of nitrogens with two attached hydrogens (primary N) is 1. The van der Waals surface area contributed by atoms with Crippen molar-refractivity contribution in [2.45, 2.75) is 33.2 Å². The molecule has 86 valence electrons. The fourth-order valence-corrected chi connectivity index (χ4v) is 1.47. The zero-order valence-electron chi connectivity index (χ0n) is 10.6. The Morgan fingerprint density at radius 1 is 1.25 bits per heavy atom. The predicted octanol–water partition coefficient (Wildman–Crippen LogP) is 2.40. The van der Waals surface area contributed by atoms with Gasteiger partial charge in [-0.25, -0.2) is 0 Å². The van der Waals surface area contributed by atoms with E-state index in [2.05, 4.69) is 17.9 Å². The molecule has 16 heavy (non-hydrogen) atoms. The quantitative estimate of drug-likeness (QED) is 0.733. The fourth-order valence-electron chi connectivity index (χ4n) is 1.47. The summed E-state index contributed by atoms with van der Waals surface area (Å²) in [5.41, 5.74) is 8.57. The van der Waals surface area contributed by atoms with Crippen molar-refractivity contribution in [3.8, 4) is 17.6 Å². The van der Waals surface area contributed by atoms with Crippen molar-refractivity contribution in [2.24, 2.45) is 5.73 Å². The standard InChI is InChI=1S/C14H19NO/c1-10-8-11(2)12(13(9-10)16-5)6-7-14(3,4)15/h8-9H,15H2,1-5H3. The van der Waals surface area contributed by atoms with Crippen LogP contribution < -0.4 is 10.5 Å². The van der Waals surface area contributed by atoms with Crippen LogP contribution in [0.1, 0.15) is 30.5 Å². The fraction of sp³-hybridized carbons (Fsp3) is 0.429. The molecule has 1 aromatic rings. The van der Waals surface area contributed by atoms with Crippen molar-refractivity contribution >= 4 is 0 Å². The molecule has 0 aromatic heterocycles. The van der Waals surface area contributed by atoms with Crippen molar-refractivity contribution in [1.82, 2.24) is 0 Å². The van der Waals surface area contributed by atoms with Crippen LogP contribution >= 0.6 is 0 Å². The third-order valence-electron chi connectivity index (χ3n) is 2.17. The summed E-state index contributed by atoms with van der Waals surface area (Å²) in [5.74, 6) is 6.93. The highest BCUT2D eigenvalue weighted by Crippen LogP contribution is 2.23. The van der Waals surface area contributed by atoms with E-state index in [0.29, 0.717) is 0 Å². The lowest BCUT2D eigenvalue weighted by atomic mass is 10.0. The molecule has 0 saturated carbocycles. The molecule has 0 heterocycles. The summed E-state index contributed by atoms with van der Waals surface area (Å²) in [6, 6.07) is 4.08. The molecular weight excluding hydrogens is 198 g/mol. The first-order valence-electron chi connectivity index (χ1n) is 5.31. The van der Waals surface area contributed by atoms with Gasteiger partial charge in [0.05, 0.1) is 18.2 Å². The van der Waals surface area contributed by atoms with Crippen LogP contribution in [0.25, 0.3) is 0 Å². The molecule has 0 radical (unpaired) electrons. The molecule has 1 aromatic carbocycles. The van der Waals surface area contributed by atoms with Gasteiger partial charge in [-0.3, -0.25) is 0 Å². The molecule has 0 fully saturated rings. The summed E-state index contributed by atoms with van der Waals surface area (Å²) in [7, 11) is 1.66. The van der Waals surface area contributed by atoms with Gasteiger partial charge in [0.15, 0.2) is 0 Å². The molecule has 0 aliphatic carbocycles. The molecule has 0 unspecified atom stereocenters. The lowest BCUT2D eigenvalue weighted by Gasteiger charge is -2.10. The van der Waals surface area contributed by atoms with Crippen molar-refractivity contribution < 1.29 is 4.74 Å². The highest BCUT2D eigenvalue weighted by Gasteiger charge is 2.07. The predicted molar refractivity (Wildman–Crippen MR) is 67.6 cm³/mol. The number of rotatable bonds is 1. The van der Waals surface area contributed by atoms with E-state index in [9.17, 15) is 0 Å². The van der Waals surface area contributed by atoms with E-state index in [1.54, 1.807) is 7.11 Å². The first-order valence-corrected chi connectivity index (χ1v) is 5.31. The average Bonchev–Trinajstić information content (AvgIpc) is 2.13. The van der Waals surface area contributed by atoms with E-state index >= 15 is 0 Å². The summed E-state index contributed by atoms with van der Waals surface area (Å²) in [4.78, 5) is 0. The molecule has 0 atom stereocenters. The first kappa shape index (κ1) is 12.6. The summed E-state index contributed by atoms with van der Waals surface area (Å²) < 4.78 is 5.33. The third-order valence-corrected chi connectivity index (χ3v) is 2.17. The number of methoxy groups -OCH3 is 1. The van der Waals surface area contributed by atoms with Crippen LogP contribution in [0.3, 0.4) is 0 Å². The molecule has 1 rings (SSSR count). The molecule has 0 amide bonds. The average molecular weight is 217 g/mol. The van der Waals surface area contributed by atoms with Gasteiger partial charge in [-0.1, -0.05) is 17.9 Å². The lowest BCUT2D eigenvalue weighted by Crippen LogP contribution is -2.29. The molecule has 0 spiro atoms. The van der Waals surface area contributed by atoms with Gasteiger partial charge in [0, 0.05) is 0 Å². The topological polar surface area (TPSA) is 35.2 Å². The Labute approximate surface area is 97.8 Å². The zero-order valence-corrected chi connectivity index (χ0v) is 10.6. The van der Waals surface area contributed by atoms with E-state index in [1.807, 2.05) is 33.8 Å². The Kier molecular flexibility index (Phi) is 3.62. The van der Waals surface area contributed by atoms with E-state index in [1.165, 1.54) is 5.56 Å². The van der Waals surface area contributed by atoms with Crippen molar-refractivity contribution in [2.75, 3.05) is 7.11 Å². The normalized spacial score (nSPS) is 10.6. The van der Waals surface area contributed by atoms with E-state index < -0.39 is 5.54 Å². The molecule has 0 saturated heterocycles. The smallest absolute Gasteiger partial charge is 0.135 e. The SMILES string of the molecule is COc1cc(C)cc(C)c1C#CC(C)(C)N. The Balaban J connectivity index is 3.26. The Hall–Kier alpha value is -1.46. The number of aryl methyl sites for hydroxylation is 2. The molecule has 2 nitrogen and oxygen atoms in total. The molecule has 0 bridgehead atoms. The van der Waals surface area contributed by atoms with Crippen LogP contribution in [0.2, 0.25) is 0 Å². The van der Waals surface area contributed by atoms with Crippen LogP contribution in [0.5, 0.6) is 5.75 Å². The van der Waals surface area contributed by atoms with Gasteiger partial charge in [0.25, 0.3) is 0 Å². The summed E-state index contributed by atoms with van der Waals surface area (Å²) in [5, 5.41) is 0. The third kappa shape index (κ3) is 3.29. The van der Waals surface area contributed by atoms with E-state index in [4.69, 9.17) is 10.5 Å². The van der Waals surface area contributed by atoms with Crippen molar-refractivity contribution in [1.29, 1.82) is 0 Å². The highest BCUT2D eigenvalue weighted by atomic mass is 16.5. The highest BCUT2D eigenvalue weighted by molar-refractivity contribution is 5.53. The van der Waals surface area contributed by atoms with Gasteiger partial charge in [-0.15, -0.1) is 0 Å². The Morgan fingerprint density at radius 2 is 1.88 bits per heavy atom. The molecule has 2 heteroatoms. The summed E-state index contributed by atoms with van der Waals surface area (Å²) >= 11 is 0. The monoisotopic (exact) mass is 217 g/mol. The van der Waals surface area contributed by atoms with Crippen LogP contribution in [-0.2, 0) is 0 Å². The zero-order chi connectivity index (χ0) is 12.3. The summed E-state index contributed by atoms with van der Waals surface area (Å²) in [6.45, 7) is 7.84. The van der Waals surface area contributed by atoms with Gasteiger partial charge in [-0.2, -0.15) is 0 Å². The van der Waals surface area contributed by atoms with Gasteiger partial charge in [0.2, 0.25) is 0 Å². The Bertz CT molecular complexity index is 444. The summed E-state index contributed by atoms with van der Waals surface area (Å²) in [6.07, 6.45) is 0. The number of ether oxygens (including phenoxy) is 1. The minimum Gasteiger partial charge on any atom is -0.495 e. The molecule has 0 aliphatic rings. The van der Waals surface area contributed by atoms with Gasteiger partial charge >= 0.3 is 0 Å². The molecule has 0 aliphatic heterocycles. The molecular formula is C14H19NO. The minimum atomic E-state index is -0.484. The van der Waals surface area contributed by atoms with Crippen molar-refractivity contribution in [3.05, 3.63) is 28.8 Å². The van der Waals surface area contributed by atoms with Crippen LogP contribution in [0.15, 0.2) is 12.1 Å². The largest absolute Gasteiger partial charge is 0.495 e. The van der Waals surface area contributed by atoms with Gasteiger partial charge in [0.1, 0.15) is 5.75 Å². The second kappa shape index (κ2) is 4.59. The van der Waals surface area contributed by atoms with Gasteiger partial charge < -0.3 is 10.5 Å². The first-order chi connectivity index (χ1) is 7.33. The van der Waals surface area contributed by atoms with E-state index in [0.717, 1.165) is 16.9 Å². The maximum absolute atomic E-state index is 5.84.